The number of carbonyl (C=O) groups is 2. The summed E-state index contributed by atoms with van der Waals surface area (Å²) in [4.78, 5) is 31.1. The van der Waals surface area contributed by atoms with Crippen LogP contribution < -0.4 is 14.8 Å². The molecule has 0 saturated heterocycles. The number of ether oxygens (including phenoxy) is 2. The van der Waals surface area contributed by atoms with Gasteiger partial charge in [0.2, 0.25) is 0 Å². The van der Waals surface area contributed by atoms with Crippen molar-refractivity contribution in [3.05, 3.63) is 150 Å². The van der Waals surface area contributed by atoms with Crippen molar-refractivity contribution < 1.29 is 24.2 Å². The van der Waals surface area contributed by atoms with Crippen LogP contribution in [0.1, 0.15) is 73.8 Å². The van der Waals surface area contributed by atoms with Crippen molar-refractivity contribution in [2.75, 3.05) is 0 Å². The highest BCUT2D eigenvalue weighted by molar-refractivity contribution is 5.99. The molecule has 1 aliphatic carbocycles. The number of carboxylic acids is 1. The maximum Gasteiger partial charge on any atom is 0.326 e. The number of nitrogens with one attached hydrogen (secondary N) is 1. The van der Waals surface area contributed by atoms with Gasteiger partial charge in [0.15, 0.2) is 0 Å². The van der Waals surface area contributed by atoms with Gasteiger partial charge in [0, 0.05) is 23.1 Å². The molecule has 1 atom stereocenters. The van der Waals surface area contributed by atoms with Crippen LogP contribution in [-0.2, 0) is 23.1 Å². The van der Waals surface area contributed by atoms with E-state index in [1.54, 1.807) is 6.07 Å². The fourth-order valence-electron chi connectivity index (χ4n) is 7.18. The van der Waals surface area contributed by atoms with Crippen LogP contribution in [0.2, 0.25) is 0 Å². The number of rotatable bonds is 12. The van der Waals surface area contributed by atoms with Crippen molar-refractivity contribution in [1.82, 2.24) is 10.3 Å². The van der Waals surface area contributed by atoms with E-state index in [0.717, 1.165) is 69.7 Å². The van der Waals surface area contributed by atoms with E-state index in [9.17, 15) is 14.7 Å². The normalized spacial score (nSPS) is 13.8. The summed E-state index contributed by atoms with van der Waals surface area (Å²) >= 11 is 0. The molecule has 7 rings (SSSR count). The standard InChI is InChI=1S/C47H46N2O5/c1-47(2,3)35-22-25-37(26-23-35)53-38-24-21-34-29-42(48-41(40(34)30-38)27-31-11-7-8-12-31)45(50)49-43(46(51)52)28-32-17-19-33(20-18-32)39-15-9-10-16-44(39)54-36-13-5-4-6-14-36/h4-6,9-10,13-26,29-31,43H,7-8,11-12,27-28H2,1-3H3,(H,49,50)(H,51,52)/t43-/m0/s1. The molecular formula is C47H46N2O5. The van der Waals surface area contributed by atoms with Crippen LogP contribution in [0, 0.1) is 5.92 Å². The van der Waals surface area contributed by atoms with Gasteiger partial charge in [0.25, 0.3) is 5.91 Å². The number of pyridine rings is 1. The fraction of sp³-hybridized carbons (Fsp3) is 0.255. The van der Waals surface area contributed by atoms with Gasteiger partial charge in [0.1, 0.15) is 34.7 Å². The van der Waals surface area contributed by atoms with Gasteiger partial charge >= 0.3 is 5.97 Å². The first-order valence-corrected chi connectivity index (χ1v) is 18.8. The zero-order valence-corrected chi connectivity index (χ0v) is 31.0. The van der Waals surface area contributed by atoms with Crippen molar-refractivity contribution in [2.45, 2.75) is 70.8 Å². The van der Waals surface area contributed by atoms with E-state index in [0.29, 0.717) is 11.7 Å². The average molecular weight is 719 g/mol. The number of aliphatic carboxylic acids is 1. The van der Waals surface area contributed by atoms with E-state index in [4.69, 9.17) is 14.5 Å². The van der Waals surface area contributed by atoms with Crippen LogP contribution in [0.25, 0.3) is 21.9 Å². The summed E-state index contributed by atoms with van der Waals surface area (Å²) in [5.41, 5.74) is 4.95. The molecule has 54 heavy (non-hydrogen) atoms. The van der Waals surface area contributed by atoms with Crippen LogP contribution in [0.5, 0.6) is 23.0 Å². The summed E-state index contributed by atoms with van der Waals surface area (Å²) in [6, 6.07) is 39.7. The second-order valence-electron chi connectivity index (χ2n) is 15.2. The van der Waals surface area contributed by atoms with E-state index >= 15 is 0 Å². The maximum atomic E-state index is 13.7. The van der Waals surface area contributed by atoms with Crippen molar-refractivity contribution in [2.24, 2.45) is 5.92 Å². The molecule has 0 aliphatic heterocycles. The second kappa shape index (κ2) is 16.0. The van der Waals surface area contributed by atoms with Gasteiger partial charge in [-0.1, -0.05) is 125 Å². The van der Waals surface area contributed by atoms with Crippen molar-refractivity contribution in [3.63, 3.8) is 0 Å². The lowest BCUT2D eigenvalue weighted by molar-refractivity contribution is -0.139. The molecule has 7 heteroatoms. The molecule has 5 aromatic carbocycles. The quantitative estimate of drug-likeness (QED) is 0.131. The molecule has 0 unspecified atom stereocenters. The summed E-state index contributed by atoms with van der Waals surface area (Å²) in [5.74, 6) is 1.77. The van der Waals surface area contributed by atoms with Gasteiger partial charge in [-0.05, 0) is 88.4 Å². The van der Waals surface area contributed by atoms with Gasteiger partial charge in [-0.2, -0.15) is 0 Å². The molecule has 6 aromatic rings. The van der Waals surface area contributed by atoms with Gasteiger partial charge in [0.05, 0.1) is 0 Å². The minimum Gasteiger partial charge on any atom is -0.480 e. The number of carbonyl (C=O) groups excluding carboxylic acids is 1. The third kappa shape index (κ3) is 8.80. The lowest BCUT2D eigenvalue weighted by atomic mass is 9.87. The van der Waals surface area contributed by atoms with Crippen molar-refractivity contribution >= 4 is 22.6 Å². The Labute approximate surface area is 317 Å². The van der Waals surface area contributed by atoms with Crippen molar-refractivity contribution in [1.29, 1.82) is 0 Å². The topological polar surface area (TPSA) is 97.8 Å². The van der Waals surface area contributed by atoms with Gasteiger partial charge in [-0.25, -0.2) is 9.78 Å². The number of benzene rings is 5. The summed E-state index contributed by atoms with van der Waals surface area (Å²) < 4.78 is 12.4. The maximum absolute atomic E-state index is 13.7. The van der Waals surface area contributed by atoms with Gasteiger partial charge < -0.3 is 19.9 Å². The first-order chi connectivity index (χ1) is 26.1. The third-order valence-electron chi connectivity index (χ3n) is 10.2. The Morgan fingerprint density at radius 1 is 0.778 bits per heavy atom. The number of hydrogen-bond donors (Lipinski definition) is 2. The number of fused-ring (bicyclic) bond motifs is 1. The number of para-hydroxylation sites is 2. The summed E-state index contributed by atoms with van der Waals surface area (Å²) in [6.07, 6.45) is 5.50. The lowest BCUT2D eigenvalue weighted by Gasteiger charge is -2.19. The minimum absolute atomic E-state index is 0.0505. The van der Waals surface area contributed by atoms with Crippen LogP contribution in [0.3, 0.4) is 0 Å². The molecule has 274 valence electrons. The first kappa shape index (κ1) is 36.4. The molecule has 1 aromatic heterocycles. The molecular weight excluding hydrogens is 673 g/mol. The van der Waals surface area contributed by atoms with E-state index in [1.165, 1.54) is 18.4 Å². The first-order valence-electron chi connectivity index (χ1n) is 18.8. The average Bonchev–Trinajstić information content (AvgIpc) is 3.69. The summed E-state index contributed by atoms with van der Waals surface area (Å²) in [7, 11) is 0. The highest BCUT2D eigenvalue weighted by Gasteiger charge is 2.24. The van der Waals surface area contributed by atoms with Crippen LogP contribution in [-0.4, -0.2) is 28.0 Å². The van der Waals surface area contributed by atoms with Gasteiger partial charge in [-0.15, -0.1) is 0 Å². The summed E-state index contributed by atoms with van der Waals surface area (Å²) in [5, 5.41) is 14.8. The SMILES string of the molecule is CC(C)(C)c1ccc(Oc2ccc3cc(C(=O)N[C@@H](Cc4ccc(-c5ccccc5Oc5ccccc5)cc4)C(=O)O)nc(CC4CCCC4)c3c2)cc1. The predicted molar refractivity (Wildman–Crippen MR) is 214 cm³/mol. The Hall–Kier alpha value is -5.95. The summed E-state index contributed by atoms with van der Waals surface area (Å²) in [6.45, 7) is 6.56. The molecule has 1 amide bonds. The Balaban J connectivity index is 1.09. The molecule has 0 radical (unpaired) electrons. The molecule has 1 saturated carbocycles. The Kier molecular flexibility index (Phi) is 10.8. The van der Waals surface area contributed by atoms with Crippen molar-refractivity contribution in [3.8, 4) is 34.1 Å². The predicted octanol–water partition coefficient (Wildman–Crippen LogP) is 10.9. The monoisotopic (exact) mass is 718 g/mol. The highest BCUT2D eigenvalue weighted by atomic mass is 16.5. The number of amides is 1. The largest absolute Gasteiger partial charge is 0.480 e. The van der Waals surface area contributed by atoms with Crippen LogP contribution >= 0.6 is 0 Å². The molecule has 7 nitrogen and oxygen atoms in total. The van der Waals surface area contributed by atoms with E-state index in [2.05, 4.69) is 38.2 Å². The Bertz CT molecular complexity index is 2240. The number of aromatic nitrogens is 1. The molecule has 0 bridgehead atoms. The number of nitrogens with zero attached hydrogens (tertiary/aromatic N) is 1. The molecule has 1 fully saturated rings. The Morgan fingerprint density at radius 2 is 1.44 bits per heavy atom. The highest BCUT2D eigenvalue weighted by Crippen LogP contribution is 2.35. The second-order valence-corrected chi connectivity index (χ2v) is 15.2. The van der Waals surface area contributed by atoms with E-state index in [1.807, 2.05) is 109 Å². The molecule has 2 N–H and O–H groups in total. The zero-order chi connectivity index (χ0) is 37.7. The molecule has 0 spiro atoms. The minimum atomic E-state index is -1.15. The zero-order valence-electron chi connectivity index (χ0n) is 31.0. The number of carboxylic acid groups (broad SMARTS) is 1. The smallest absolute Gasteiger partial charge is 0.326 e. The molecule has 1 heterocycles. The van der Waals surface area contributed by atoms with Gasteiger partial charge in [-0.3, -0.25) is 4.79 Å². The Morgan fingerprint density at radius 3 is 2.15 bits per heavy atom. The van der Waals surface area contributed by atoms with Crippen LogP contribution in [0.4, 0.5) is 0 Å². The molecule has 1 aliphatic rings. The third-order valence-corrected chi connectivity index (χ3v) is 10.2. The van der Waals surface area contributed by atoms with E-state index < -0.39 is 17.9 Å². The number of hydrogen-bond acceptors (Lipinski definition) is 5. The van der Waals surface area contributed by atoms with E-state index in [-0.39, 0.29) is 17.5 Å². The fourth-order valence-corrected chi connectivity index (χ4v) is 7.18. The lowest BCUT2D eigenvalue weighted by Crippen LogP contribution is -2.42. The van der Waals surface area contributed by atoms with Crippen LogP contribution in [0.15, 0.2) is 127 Å².